The Kier molecular flexibility index (Phi) is 5.91. The summed E-state index contributed by atoms with van der Waals surface area (Å²) in [6.07, 6.45) is 4.34. The minimum absolute atomic E-state index is 0.0557. The van der Waals surface area contributed by atoms with Crippen LogP contribution in [-0.4, -0.2) is 42.9 Å². The molecule has 0 spiro atoms. The van der Waals surface area contributed by atoms with Crippen LogP contribution in [0.4, 0.5) is 0 Å². The molecule has 2 rings (SSSR count). The molecule has 0 bridgehead atoms. The Balaban J connectivity index is 2.25. The lowest BCUT2D eigenvalue weighted by Gasteiger charge is -2.36. The number of amides is 1. The van der Waals surface area contributed by atoms with Gasteiger partial charge in [0.25, 0.3) is 5.91 Å². The summed E-state index contributed by atoms with van der Waals surface area (Å²) in [5.74, 6) is 1.32. The number of benzene rings is 1. The first-order chi connectivity index (χ1) is 10.2. The van der Waals surface area contributed by atoms with Crippen LogP contribution >= 0.6 is 15.9 Å². The van der Waals surface area contributed by atoms with Crippen LogP contribution < -0.4 is 9.47 Å². The number of carbonyl (C=O) groups excluding carboxylic acids is 1. The largest absolute Gasteiger partial charge is 0.497 e. The molecule has 1 atom stereocenters. The highest BCUT2D eigenvalue weighted by atomic mass is 79.9. The van der Waals surface area contributed by atoms with Crippen molar-refractivity contribution >= 4 is 21.8 Å². The maximum atomic E-state index is 12.9. The van der Waals surface area contributed by atoms with Gasteiger partial charge in [-0.1, -0.05) is 15.9 Å². The predicted molar refractivity (Wildman–Crippen MR) is 86.6 cm³/mol. The average molecular weight is 356 g/mol. The first-order valence-corrected chi connectivity index (χ1v) is 8.42. The second-order valence-electron chi connectivity index (χ2n) is 5.19. The number of likely N-dealkylation sites (tertiary alicyclic amines) is 1. The number of piperidine rings is 1. The molecule has 0 radical (unpaired) electrons. The van der Waals surface area contributed by atoms with Gasteiger partial charge in [-0.25, -0.2) is 0 Å². The molecule has 1 heterocycles. The van der Waals surface area contributed by atoms with E-state index in [4.69, 9.17) is 9.47 Å². The van der Waals surface area contributed by atoms with Crippen molar-refractivity contribution in [2.24, 2.45) is 0 Å². The van der Waals surface area contributed by atoms with Gasteiger partial charge < -0.3 is 14.4 Å². The first kappa shape index (κ1) is 16.1. The van der Waals surface area contributed by atoms with Crippen LogP contribution in [0.15, 0.2) is 18.2 Å². The number of alkyl halides is 1. The molecule has 5 heteroatoms. The van der Waals surface area contributed by atoms with Crippen LogP contribution in [0.5, 0.6) is 11.5 Å². The molecular weight excluding hydrogens is 334 g/mol. The van der Waals surface area contributed by atoms with Crippen LogP contribution in [0, 0.1) is 0 Å². The highest BCUT2D eigenvalue weighted by molar-refractivity contribution is 9.09. The Labute approximate surface area is 134 Å². The summed E-state index contributed by atoms with van der Waals surface area (Å²) in [5, 5.41) is 0.918. The second-order valence-corrected chi connectivity index (χ2v) is 5.99. The molecule has 4 nitrogen and oxygen atoms in total. The monoisotopic (exact) mass is 355 g/mol. The van der Waals surface area contributed by atoms with Crippen LogP contribution in [-0.2, 0) is 0 Å². The minimum atomic E-state index is 0.0557. The average Bonchev–Trinajstić information content (AvgIpc) is 2.54. The second kappa shape index (κ2) is 7.69. The number of ether oxygens (including phenoxy) is 2. The van der Waals surface area contributed by atoms with Gasteiger partial charge in [-0.2, -0.15) is 0 Å². The molecule has 1 saturated heterocycles. The first-order valence-electron chi connectivity index (χ1n) is 7.30. The van der Waals surface area contributed by atoms with E-state index in [-0.39, 0.29) is 5.91 Å². The zero-order valence-corrected chi connectivity index (χ0v) is 14.2. The Morgan fingerprint density at radius 2 is 2.14 bits per heavy atom. The number of rotatable bonds is 5. The summed E-state index contributed by atoms with van der Waals surface area (Å²) in [5.41, 5.74) is 0.611. The molecule has 1 amide bonds. The molecule has 0 aromatic heterocycles. The van der Waals surface area contributed by atoms with Crippen molar-refractivity contribution in [3.05, 3.63) is 23.8 Å². The Morgan fingerprint density at radius 3 is 2.81 bits per heavy atom. The number of methoxy groups -OCH3 is 2. The van der Waals surface area contributed by atoms with Crippen LogP contribution in [0.25, 0.3) is 0 Å². The smallest absolute Gasteiger partial charge is 0.257 e. The topological polar surface area (TPSA) is 38.8 Å². The molecule has 116 valence electrons. The molecule has 0 saturated carbocycles. The van der Waals surface area contributed by atoms with Crippen molar-refractivity contribution in [2.45, 2.75) is 31.7 Å². The molecule has 0 N–H and O–H groups in total. The van der Waals surface area contributed by atoms with Gasteiger partial charge in [0.2, 0.25) is 0 Å². The molecular formula is C16H22BrNO3. The zero-order chi connectivity index (χ0) is 15.2. The van der Waals surface area contributed by atoms with Gasteiger partial charge in [0.1, 0.15) is 11.5 Å². The third kappa shape index (κ3) is 3.70. The lowest BCUT2D eigenvalue weighted by Crippen LogP contribution is -2.44. The summed E-state index contributed by atoms with van der Waals surface area (Å²) in [7, 11) is 3.19. The maximum absolute atomic E-state index is 12.9. The number of hydrogen-bond acceptors (Lipinski definition) is 3. The normalized spacial score (nSPS) is 18.4. The van der Waals surface area contributed by atoms with E-state index in [1.54, 1.807) is 32.4 Å². The molecule has 1 aliphatic rings. The van der Waals surface area contributed by atoms with E-state index in [0.29, 0.717) is 23.1 Å². The Hall–Kier alpha value is -1.23. The molecule has 1 fully saturated rings. The van der Waals surface area contributed by atoms with Crippen molar-refractivity contribution in [2.75, 3.05) is 26.1 Å². The summed E-state index contributed by atoms with van der Waals surface area (Å²) < 4.78 is 10.5. The molecule has 1 aromatic rings. The van der Waals surface area contributed by atoms with Crippen molar-refractivity contribution < 1.29 is 14.3 Å². The lowest BCUT2D eigenvalue weighted by molar-refractivity contribution is 0.0606. The SMILES string of the molecule is COc1ccc(C(=O)N2CCCCC2CCBr)c(OC)c1. The fraction of sp³-hybridized carbons (Fsp3) is 0.562. The van der Waals surface area contributed by atoms with E-state index in [1.807, 2.05) is 4.90 Å². The fourth-order valence-corrected chi connectivity index (χ4v) is 3.35. The van der Waals surface area contributed by atoms with Crippen LogP contribution in [0.3, 0.4) is 0 Å². The molecule has 1 unspecified atom stereocenters. The minimum Gasteiger partial charge on any atom is -0.497 e. The lowest BCUT2D eigenvalue weighted by atomic mass is 9.98. The standard InChI is InChI=1S/C16H22BrNO3/c1-20-13-6-7-14(15(11-13)21-2)16(19)18-10-4-3-5-12(18)8-9-17/h6-7,11-12H,3-5,8-10H2,1-2H3. The molecule has 0 aliphatic carbocycles. The number of halogens is 1. The van der Waals surface area contributed by atoms with E-state index in [2.05, 4.69) is 15.9 Å². The van der Waals surface area contributed by atoms with Crippen molar-refractivity contribution in [1.82, 2.24) is 4.90 Å². The Bertz CT molecular complexity index is 490. The third-order valence-corrected chi connectivity index (χ3v) is 4.43. The van der Waals surface area contributed by atoms with Gasteiger partial charge >= 0.3 is 0 Å². The van der Waals surface area contributed by atoms with Gasteiger partial charge in [0, 0.05) is 24.0 Å². The van der Waals surface area contributed by atoms with Crippen molar-refractivity contribution in [3.63, 3.8) is 0 Å². The van der Waals surface area contributed by atoms with E-state index in [9.17, 15) is 4.79 Å². The maximum Gasteiger partial charge on any atom is 0.257 e. The predicted octanol–water partition coefficient (Wildman–Crippen LogP) is 3.48. The molecule has 1 aromatic carbocycles. The van der Waals surface area contributed by atoms with Gasteiger partial charge in [-0.05, 0) is 37.8 Å². The van der Waals surface area contributed by atoms with E-state index >= 15 is 0 Å². The molecule has 21 heavy (non-hydrogen) atoms. The molecule has 1 aliphatic heterocycles. The van der Waals surface area contributed by atoms with Gasteiger partial charge in [0.05, 0.1) is 19.8 Å². The van der Waals surface area contributed by atoms with Gasteiger partial charge in [-0.3, -0.25) is 4.79 Å². The van der Waals surface area contributed by atoms with E-state index in [1.165, 1.54) is 6.42 Å². The number of nitrogens with zero attached hydrogens (tertiary/aromatic N) is 1. The highest BCUT2D eigenvalue weighted by Gasteiger charge is 2.28. The summed E-state index contributed by atoms with van der Waals surface area (Å²) in [4.78, 5) is 14.8. The van der Waals surface area contributed by atoms with Gasteiger partial charge in [-0.15, -0.1) is 0 Å². The summed E-state index contributed by atoms with van der Waals surface area (Å²) in [6, 6.07) is 5.67. The van der Waals surface area contributed by atoms with E-state index in [0.717, 1.165) is 31.1 Å². The summed E-state index contributed by atoms with van der Waals surface area (Å²) in [6.45, 7) is 0.825. The van der Waals surface area contributed by atoms with Crippen LogP contribution in [0.1, 0.15) is 36.0 Å². The van der Waals surface area contributed by atoms with Crippen LogP contribution in [0.2, 0.25) is 0 Å². The van der Waals surface area contributed by atoms with E-state index < -0.39 is 0 Å². The fourth-order valence-electron chi connectivity index (χ4n) is 2.82. The van der Waals surface area contributed by atoms with Crippen molar-refractivity contribution in [1.29, 1.82) is 0 Å². The summed E-state index contributed by atoms with van der Waals surface area (Å²) >= 11 is 3.49. The number of carbonyl (C=O) groups is 1. The number of hydrogen-bond donors (Lipinski definition) is 0. The third-order valence-electron chi connectivity index (χ3n) is 3.97. The quantitative estimate of drug-likeness (QED) is 0.759. The highest BCUT2D eigenvalue weighted by Crippen LogP contribution is 2.29. The van der Waals surface area contributed by atoms with Crippen molar-refractivity contribution in [3.8, 4) is 11.5 Å². The van der Waals surface area contributed by atoms with Gasteiger partial charge in [0.15, 0.2) is 0 Å². The zero-order valence-electron chi connectivity index (χ0n) is 12.6. The Morgan fingerprint density at radius 1 is 1.33 bits per heavy atom.